The van der Waals surface area contributed by atoms with Crippen LogP contribution in [0.25, 0.3) is 0 Å². The maximum absolute atomic E-state index is 10.7. The molecule has 4 bridgehead atoms. The van der Waals surface area contributed by atoms with Crippen LogP contribution in [0.1, 0.15) is 51.4 Å². The average molecular weight is 272 g/mol. The highest BCUT2D eigenvalue weighted by atomic mass is 32.2. The molecule has 104 valence electrons. The summed E-state index contributed by atoms with van der Waals surface area (Å²) in [4.78, 5) is 0. The molecular weight excluding hydrogens is 248 g/mol. The first kappa shape index (κ1) is 12.9. The Morgan fingerprint density at radius 1 is 0.889 bits per heavy atom. The maximum Gasteiger partial charge on any atom is 0.264 e. The van der Waals surface area contributed by atoms with Crippen LogP contribution in [-0.2, 0) is 10.1 Å². The van der Waals surface area contributed by atoms with Crippen molar-refractivity contribution in [3.63, 3.8) is 0 Å². The highest BCUT2D eigenvalue weighted by Crippen LogP contribution is 2.57. The van der Waals surface area contributed by atoms with Gasteiger partial charge in [-0.1, -0.05) is 6.42 Å². The van der Waals surface area contributed by atoms with E-state index in [0.717, 1.165) is 36.0 Å². The zero-order valence-electron chi connectivity index (χ0n) is 10.9. The number of unbranched alkanes of at least 4 members (excludes halogenated alkanes) is 1. The Bertz CT molecular complexity index is 373. The molecule has 4 heteroatoms. The fourth-order valence-corrected chi connectivity index (χ4v) is 5.74. The van der Waals surface area contributed by atoms with Gasteiger partial charge in [0.25, 0.3) is 10.1 Å². The van der Waals surface area contributed by atoms with Crippen molar-refractivity contribution in [2.75, 3.05) is 5.75 Å². The summed E-state index contributed by atoms with van der Waals surface area (Å²) < 4.78 is 30.1. The highest BCUT2D eigenvalue weighted by molar-refractivity contribution is 7.85. The van der Waals surface area contributed by atoms with Crippen molar-refractivity contribution in [3.8, 4) is 0 Å². The molecule has 0 atom stereocenters. The third-order valence-corrected chi connectivity index (χ3v) is 6.42. The standard InChI is InChI=1S/C14H24O3S/c15-18(16,17)4-2-1-3-14-12-6-10-5-11(8-12)9-13(14)7-10/h10-14H,1-9H2,(H,15,16,17). The van der Waals surface area contributed by atoms with E-state index in [-0.39, 0.29) is 5.75 Å². The summed E-state index contributed by atoms with van der Waals surface area (Å²) in [7, 11) is -3.75. The monoisotopic (exact) mass is 272 g/mol. The topological polar surface area (TPSA) is 54.4 Å². The van der Waals surface area contributed by atoms with Gasteiger partial charge in [0, 0.05) is 0 Å². The second kappa shape index (κ2) is 4.78. The molecule has 0 unspecified atom stereocenters. The number of hydrogen-bond acceptors (Lipinski definition) is 2. The highest BCUT2D eigenvalue weighted by Gasteiger charge is 2.47. The molecule has 0 amide bonds. The van der Waals surface area contributed by atoms with Crippen molar-refractivity contribution in [1.82, 2.24) is 0 Å². The molecule has 4 rings (SSSR count). The summed E-state index contributed by atoms with van der Waals surface area (Å²) in [5.74, 6) is 4.71. The third kappa shape index (κ3) is 2.74. The summed E-state index contributed by atoms with van der Waals surface area (Å²) in [6.45, 7) is 0. The summed E-state index contributed by atoms with van der Waals surface area (Å²) in [6, 6.07) is 0. The normalized spacial score (nSPS) is 42.4. The first-order chi connectivity index (χ1) is 8.51. The Kier molecular flexibility index (Phi) is 3.43. The molecule has 0 heterocycles. The van der Waals surface area contributed by atoms with Crippen LogP contribution in [0, 0.1) is 29.6 Å². The summed E-state index contributed by atoms with van der Waals surface area (Å²) >= 11 is 0. The first-order valence-electron chi connectivity index (χ1n) is 7.46. The predicted octanol–water partition coefficient (Wildman–Crippen LogP) is 3.12. The van der Waals surface area contributed by atoms with Gasteiger partial charge in [0.15, 0.2) is 0 Å². The Morgan fingerprint density at radius 2 is 1.44 bits per heavy atom. The van der Waals surface area contributed by atoms with Crippen molar-refractivity contribution < 1.29 is 13.0 Å². The van der Waals surface area contributed by atoms with Crippen LogP contribution >= 0.6 is 0 Å². The lowest BCUT2D eigenvalue weighted by atomic mass is 9.51. The van der Waals surface area contributed by atoms with E-state index in [0.29, 0.717) is 6.42 Å². The van der Waals surface area contributed by atoms with Crippen molar-refractivity contribution in [2.45, 2.75) is 51.4 Å². The summed E-state index contributed by atoms with van der Waals surface area (Å²) in [5, 5.41) is 0. The SMILES string of the molecule is O=S(=O)(O)CCCCC1C2CC3CC(C2)CC1C3. The van der Waals surface area contributed by atoms with Crippen LogP contribution in [0.5, 0.6) is 0 Å². The molecule has 18 heavy (non-hydrogen) atoms. The van der Waals surface area contributed by atoms with Gasteiger partial charge < -0.3 is 0 Å². The smallest absolute Gasteiger partial charge is 0.264 e. The quantitative estimate of drug-likeness (QED) is 0.618. The molecule has 1 N–H and O–H groups in total. The minimum Gasteiger partial charge on any atom is -0.286 e. The molecule has 4 aliphatic rings. The second-order valence-corrected chi connectivity index (χ2v) is 8.45. The molecule has 0 aromatic carbocycles. The molecule has 3 nitrogen and oxygen atoms in total. The fraction of sp³-hybridized carbons (Fsp3) is 1.00. The molecule has 0 spiro atoms. The van der Waals surface area contributed by atoms with Crippen LogP contribution in [0.15, 0.2) is 0 Å². The van der Waals surface area contributed by atoms with Gasteiger partial charge in [-0.25, -0.2) is 0 Å². The van der Waals surface area contributed by atoms with Crippen molar-refractivity contribution >= 4 is 10.1 Å². The van der Waals surface area contributed by atoms with E-state index in [2.05, 4.69) is 0 Å². The summed E-state index contributed by atoms with van der Waals surface area (Å²) in [6.07, 6.45) is 10.0. The molecule has 0 aromatic rings. The van der Waals surface area contributed by atoms with Crippen molar-refractivity contribution in [3.05, 3.63) is 0 Å². The molecule has 0 aliphatic heterocycles. The van der Waals surface area contributed by atoms with Crippen LogP contribution < -0.4 is 0 Å². The number of rotatable bonds is 5. The van der Waals surface area contributed by atoms with Gasteiger partial charge in [-0.05, 0) is 74.5 Å². The molecule has 4 fully saturated rings. The maximum atomic E-state index is 10.7. The lowest BCUT2D eigenvalue weighted by Crippen LogP contribution is -2.44. The Balaban J connectivity index is 1.49. The van der Waals surface area contributed by atoms with Gasteiger partial charge in [0.1, 0.15) is 0 Å². The van der Waals surface area contributed by atoms with Crippen LogP contribution in [0.2, 0.25) is 0 Å². The Labute approximate surface area is 110 Å². The average Bonchev–Trinajstić information content (AvgIpc) is 2.24. The van der Waals surface area contributed by atoms with Gasteiger partial charge in [-0.2, -0.15) is 8.42 Å². The third-order valence-electron chi connectivity index (χ3n) is 5.61. The van der Waals surface area contributed by atoms with Gasteiger partial charge in [0.05, 0.1) is 5.75 Å². The molecular formula is C14H24O3S. The van der Waals surface area contributed by atoms with Crippen LogP contribution in [0.4, 0.5) is 0 Å². The minimum atomic E-state index is -3.75. The van der Waals surface area contributed by atoms with Gasteiger partial charge in [0.2, 0.25) is 0 Å². The number of hydrogen-bond donors (Lipinski definition) is 1. The van der Waals surface area contributed by atoms with E-state index in [1.807, 2.05) is 0 Å². The van der Waals surface area contributed by atoms with Gasteiger partial charge >= 0.3 is 0 Å². The molecule has 0 saturated heterocycles. The lowest BCUT2D eigenvalue weighted by Gasteiger charge is -2.54. The summed E-state index contributed by atoms with van der Waals surface area (Å²) in [5.41, 5.74) is 0. The van der Waals surface area contributed by atoms with E-state index in [4.69, 9.17) is 4.55 Å². The van der Waals surface area contributed by atoms with Crippen LogP contribution in [-0.4, -0.2) is 18.7 Å². The zero-order chi connectivity index (χ0) is 12.8. The molecule has 0 radical (unpaired) electrons. The van der Waals surface area contributed by atoms with Crippen LogP contribution in [0.3, 0.4) is 0 Å². The first-order valence-corrected chi connectivity index (χ1v) is 9.07. The Hall–Kier alpha value is -0.0900. The van der Waals surface area contributed by atoms with Crippen molar-refractivity contribution in [1.29, 1.82) is 0 Å². The van der Waals surface area contributed by atoms with E-state index in [1.54, 1.807) is 0 Å². The predicted molar refractivity (Wildman–Crippen MR) is 70.8 cm³/mol. The van der Waals surface area contributed by atoms with E-state index < -0.39 is 10.1 Å². The molecule has 4 aliphatic carbocycles. The van der Waals surface area contributed by atoms with E-state index >= 15 is 0 Å². The van der Waals surface area contributed by atoms with E-state index in [1.165, 1.54) is 38.5 Å². The van der Waals surface area contributed by atoms with Gasteiger partial charge in [-0.3, -0.25) is 4.55 Å². The minimum absolute atomic E-state index is 0.0553. The van der Waals surface area contributed by atoms with Gasteiger partial charge in [-0.15, -0.1) is 0 Å². The zero-order valence-corrected chi connectivity index (χ0v) is 11.7. The largest absolute Gasteiger partial charge is 0.286 e. The van der Waals surface area contributed by atoms with E-state index in [9.17, 15) is 8.42 Å². The molecule has 4 saturated carbocycles. The molecule has 0 aromatic heterocycles. The fourth-order valence-electron chi connectivity index (χ4n) is 5.17. The second-order valence-electron chi connectivity index (χ2n) is 6.88. The Morgan fingerprint density at radius 3 is 1.94 bits per heavy atom. The lowest BCUT2D eigenvalue weighted by molar-refractivity contribution is -0.0402. The van der Waals surface area contributed by atoms with Crippen molar-refractivity contribution in [2.24, 2.45) is 29.6 Å².